The van der Waals surface area contributed by atoms with Gasteiger partial charge in [0.2, 0.25) is 0 Å². The molecule has 136 valence electrons. The first-order valence-corrected chi connectivity index (χ1v) is 9.47. The van der Waals surface area contributed by atoms with Gasteiger partial charge in [-0.15, -0.1) is 0 Å². The fourth-order valence-corrected chi connectivity index (χ4v) is 4.46. The minimum atomic E-state index is -0.449. The molecule has 0 saturated heterocycles. The maximum absolute atomic E-state index is 13.3. The number of nitrogens with zero attached hydrogens (tertiary/aromatic N) is 3. The summed E-state index contributed by atoms with van der Waals surface area (Å²) in [6.45, 7) is -0.346. The zero-order valence-electron chi connectivity index (χ0n) is 14.5. The van der Waals surface area contributed by atoms with Crippen molar-refractivity contribution < 1.29 is 14.4 Å². The Labute approximate surface area is 164 Å². The first-order valence-electron chi connectivity index (χ1n) is 8.65. The molecule has 0 radical (unpaired) electrons. The van der Waals surface area contributed by atoms with Crippen molar-refractivity contribution in [2.45, 2.75) is 9.79 Å². The summed E-state index contributed by atoms with van der Waals surface area (Å²) in [7, 11) is 0. The highest BCUT2D eigenvalue weighted by molar-refractivity contribution is 7.99. The minimum Gasteiger partial charge on any atom is -0.272 e. The number of imide groups is 1. The van der Waals surface area contributed by atoms with Gasteiger partial charge in [-0.1, -0.05) is 36.0 Å². The molecule has 6 nitrogen and oxygen atoms in total. The molecular formula is C21H13N3O3S. The molecule has 0 bridgehead atoms. The largest absolute Gasteiger partial charge is 0.272 e. The predicted octanol–water partition coefficient (Wildman–Crippen LogP) is 3.51. The van der Waals surface area contributed by atoms with Crippen molar-refractivity contribution in [2.75, 3.05) is 11.4 Å². The molecule has 0 aliphatic carbocycles. The quantitative estimate of drug-likeness (QED) is 0.630. The lowest BCUT2D eigenvalue weighted by molar-refractivity contribution is -0.118. The summed E-state index contributed by atoms with van der Waals surface area (Å²) in [5.41, 5.74) is 1.35. The van der Waals surface area contributed by atoms with Gasteiger partial charge >= 0.3 is 0 Å². The number of amides is 3. The Kier molecular flexibility index (Phi) is 3.77. The maximum atomic E-state index is 13.3. The molecule has 0 fully saturated rings. The molecule has 3 heterocycles. The van der Waals surface area contributed by atoms with E-state index in [0.29, 0.717) is 22.6 Å². The number of carbonyl (C=O) groups is 3. The van der Waals surface area contributed by atoms with Gasteiger partial charge in [0.15, 0.2) is 5.82 Å². The number of rotatable bonds is 2. The average molecular weight is 387 g/mol. The van der Waals surface area contributed by atoms with Crippen LogP contribution < -0.4 is 4.90 Å². The van der Waals surface area contributed by atoms with Crippen LogP contribution in [0.2, 0.25) is 0 Å². The Hall–Kier alpha value is -3.45. The zero-order chi connectivity index (χ0) is 19.3. The first kappa shape index (κ1) is 16.7. The highest BCUT2D eigenvalue weighted by Gasteiger charge is 2.38. The highest BCUT2D eigenvalue weighted by Crippen LogP contribution is 2.46. The highest BCUT2D eigenvalue weighted by atomic mass is 32.2. The molecule has 0 unspecified atom stereocenters. The Morgan fingerprint density at radius 2 is 1.50 bits per heavy atom. The summed E-state index contributed by atoms with van der Waals surface area (Å²) in [6, 6.07) is 17.8. The first-order chi connectivity index (χ1) is 13.6. The molecule has 7 heteroatoms. The molecule has 0 N–H and O–H groups in total. The second-order valence-corrected chi connectivity index (χ2v) is 7.45. The van der Waals surface area contributed by atoms with E-state index in [1.165, 1.54) is 16.7 Å². The molecule has 0 spiro atoms. The van der Waals surface area contributed by atoms with Crippen LogP contribution in [0.15, 0.2) is 76.7 Å². The number of hydrogen-bond acceptors (Lipinski definition) is 5. The second kappa shape index (κ2) is 6.31. The van der Waals surface area contributed by atoms with E-state index in [4.69, 9.17) is 0 Å². The standard InChI is InChI=1S/C21H13N3O3S/c25-18(12-23-20(26)13-6-1-2-7-14(13)21(23)27)24-15-8-3-4-9-16(15)28-17-10-5-11-22-19(17)24/h1-11H,12H2. The van der Waals surface area contributed by atoms with Crippen LogP contribution in [0.25, 0.3) is 0 Å². The Bertz CT molecular complexity index is 1080. The van der Waals surface area contributed by atoms with Crippen LogP contribution in [0.4, 0.5) is 11.5 Å². The lowest BCUT2D eigenvalue weighted by atomic mass is 10.1. The second-order valence-electron chi connectivity index (χ2n) is 6.37. The van der Waals surface area contributed by atoms with Gasteiger partial charge in [0.05, 0.1) is 21.7 Å². The fraction of sp³-hybridized carbons (Fsp3) is 0.0476. The van der Waals surface area contributed by atoms with E-state index in [0.717, 1.165) is 14.7 Å². The van der Waals surface area contributed by atoms with Gasteiger partial charge in [0.25, 0.3) is 17.7 Å². The third kappa shape index (κ3) is 2.44. The summed E-state index contributed by atoms with van der Waals surface area (Å²) >= 11 is 1.53. The normalized spacial score (nSPS) is 14.6. The van der Waals surface area contributed by atoms with Gasteiger partial charge in [0, 0.05) is 11.1 Å². The van der Waals surface area contributed by atoms with Gasteiger partial charge in [-0.2, -0.15) is 0 Å². The number of para-hydroxylation sites is 1. The molecule has 5 rings (SSSR count). The van der Waals surface area contributed by atoms with Gasteiger partial charge in [-0.3, -0.25) is 24.2 Å². The summed E-state index contributed by atoms with van der Waals surface area (Å²) in [5.74, 6) is -0.778. The smallest absolute Gasteiger partial charge is 0.262 e. The topological polar surface area (TPSA) is 70.6 Å². The molecule has 2 aliphatic rings. The zero-order valence-corrected chi connectivity index (χ0v) is 15.3. The van der Waals surface area contributed by atoms with Crippen LogP contribution in [-0.2, 0) is 4.79 Å². The summed E-state index contributed by atoms with van der Waals surface area (Å²) in [5, 5.41) is 0. The predicted molar refractivity (Wildman–Crippen MR) is 104 cm³/mol. The molecule has 2 aliphatic heterocycles. The Morgan fingerprint density at radius 3 is 2.25 bits per heavy atom. The number of anilines is 2. The van der Waals surface area contributed by atoms with Crippen molar-refractivity contribution in [2.24, 2.45) is 0 Å². The SMILES string of the molecule is O=C1c2ccccc2C(=O)N1CC(=O)N1c2ccccc2Sc2cccnc21. The Morgan fingerprint density at radius 1 is 0.857 bits per heavy atom. The molecule has 3 amide bonds. The van der Waals surface area contributed by atoms with Crippen molar-refractivity contribution in [3.05, 3.63) is 78.0 Å². The minimum absolute atomic E-state index is 0.327. The number of benzene rings is 2. The van der Waals surface area contributed by atoms with Crippen LogP contribution in [0, 0.1) is 0 Å². The fourth-order valence-electron chi connectivity index (χ4n) is 3.43. The van der Waals surface area contributed by atoms with Crippen LogP contribution >= 0.6 is 11.8 Å². The van der Waals surface area contributed by atoms with E-state index in [-0.39, 0.29) is 12.5 Å². The molecule has 0 saturated carbocycles. The van der Waals surface area contributed by atoms with Crippen LogP contribution in [0.3, 0.4) is 0 Å². The van der Waals surface area contributed by atoms with Crippen molar-refractivity contribution in [1.29, 1.82) is 0 Å². The summed E-state index contributed by atoms with van der Waals surface area (Å²) in [6.07, 6.45) is 1.62. The third-order valence-electron chi connectivity index (χ3n) is 4.71. The van der Waals surface area contributed by atoms with Gasteiger partial charge in [-0.05, 0) is 36.4 Å². The molecule has 2 aromatic carbocycles. The Balaban J connectivity index is 1.52. The monoisotopic (exact) mass is 387 g/mol. The van der Waals surface area contributed by atoms with Crippen molar-refractivity contribution >= 4 is 41.0 Å². The molecule has 0 atom stereocenters. The average Bonchev–Trinajstić information content (AvgIpc) is 2.97. The number of fused-ring (bicyclic) bond motifs is 3. The van der Waals surface area contributed by atoms with Gasteiger partial charge in [-0.25, -0.2) is 4.98 Å². The van der Waals surface area contributed by atoms with E-state index in [1.807, 2.05) is 36.4 Å². The van der Waals surface area contributed by atoms with E-state index < -0.39 is 11.8 Å². The lowest BCUT2D eigenvalue weighted by Gasteiger charge is -2.30. The number of hydrogen-bond donors (Lipinski definition) is 0. The summed E-state index contributed by atoms with van der Waals surface area (Å²) in [4.78, 5) is 47.1. The van der Waals surface area contributed by atoms with Crippen molar-refractivity contribution in [1.82, 2.24) is 9.88 Å². The van der Waals surface area contributed by atoms with Crippen molar-refractivity contribution in [3.63, 3.8) is 0 Å². The van der Waals surface area contributed by atoms with Crippen LogP contribution in [-0.4, -0.2) is 34.2 Å². The van der Waals surface area contributed by atoms with E-state index in [1.54, 1.807) is 30.5 Å². The summed E-state index contributed by atoms with van der Waals surface area (Å²) < 4.78 is 0. The van der Waals surface area contributed by atoms with Crippen molar-refractivity contribution in [3.8, 4) is 0 Å². The molecule has 3 aromatic rings. The molecular weight excluding hydrogens is 374 g/mol. The van der Waals surface area contributed by atoms with Crippen LogP contribution in [0.1, 0.15) is 20.7 Å². The van der Waals surface area contributed by atoms with E-state index in [2.05, 4.69) is 4.98 Å². The molecule has 1 aromatic heterocycles. The van der Waals surface area contributed by atoms with Gasteiger partial charge in [0.1, 0.15) is 6.54 Å². The number of carbonyl (C=O) groups excluding carboxylic acids is 3. The number of pyridine rings is 1. The molecule has 28 heavy (non-hydrogen) atoms. The van der Waals surface area contributed by atoms with E-state index >= 15 is 0 Å². The van der Waals surface area contributed by atoms with Gasteiger partial charge < -0.3 is 0 Å². The van der Waals surface area contributed by atoms with E-state index in [9.17, 15) is 14.4 Å². The lowest BCUT2D eigenvalue weighted by Crippen LogP contribution is -2.42. The maximum Gasteiger partial charge on any atom is 0.262 e. The van der Waals surface area contributed by atoms with Crippen LogP contribution in [0.5, 0.6) is 0 Å². The third-order valence-corrected chi connectivity index (χ3v) is 5.81. The number of aromatic nitrogens is 1.